The molecule has 0 N–H and O–H groups in total. The van der Waals surface area contributed by atoms with E-state index in [1.807, 2.05) is 0 Å². The molecule has 2 aliphatic carbocycles. The first-order chi connectivity index (χ1) is 13.2. The Balaban J connectivity index is 0.00000160. The van der Waals surface area contributed by atoms with Crippen molar-refractivity contribution >= 4 is 19.0 Å². The van der Waals surface area contributed by atoms with Crippen molar-refractivity contribution in [3.63, 3.8) is 0 Å². The Morgan fingerprint density at radius 1 is 0.733 bits per heavy atom. The molecule has 160 valence electrons. The van der Waals surface area contributed by atoms with Crippen LogP contribution in [0, 0.1) is 0 Å². The molecule has 0 saturated heterocycles. The summed E-state index contributed by atoms with van der Waals surface area (Å²) in [7, 11) is 0. The van der Waals surface area contributed by atoms with Gasteiger partial charge in [-0.1, -0.05) is 0 Å². The van der Waals surface area contributed by atoms with Gasteiger partial charge in [0.05, 0.1) is 0 Å². The van der Waals surface area contributed by atoms with Crippen LogP contribution in [0.3, 0.4) is 0 Å². The van der Waals surface area contributed by atoms with Gasteiger partial charge < -0.3 is 24.8 Å². The first kappa shape index (κ1) is 25.9. The molecule has 0 radical (unpaired) electrons. The number of allylic oxidation sites excluding steroid dienone is 2. The standard InChI is InChI=1S/2C12H13.2CH3.2ClH.H2Si.Zr/c2*1-3-10-5-4-6-11-7-9(2)8-12(10)11;;;;;;/h2*4-8H,3H2,1-2H3;2*1H3;2*1H;1H2;/q;;;;;;;+2/p-2. The summed E-state index contributed by atoms with van der Waals surface area (Å²) in [4.78, 5) is 0. The zero-order chi connectivity index (χ0) is 20.3. The fourth-order valence-electron chi connectivity index (χ4n) is 6.53. The molecule has 2 aromatic carbocycles. The van der Waals surface area contributed by atoms with Crippen LogP contribution in [0.25, 0.3) is 12.2 Å². The van der Waals surface area contributed by atoms with Crippen LogP contribution in [0.5, 0.6) is 0 Å². The fraction of sp³-hybridized carbons (Fsp3) is 0.385. The van der Waals surface area contributed by atoms with Crippen molar-refractivity contribution in [3.8, 4) is 0 Å². The van der Waals surface area contributed by atoms with E-state index in [9.17, 15) is 0 Å². The Morgan fingerprint density at radius 3 is 1.43 bits per heavy atom. The average Bonchev–Trinajstić information content (AvgIpc) is 3.17. The van der Waals surface area contributed by atoms with E-state index in [0.29, 0.717) is 7.25 Å². The Kier molecular flexibility index (Phi) is 7.63. The average molecular weight is 537 g/mol. The molecule has 0 spiro atoms. The van der Waals surface area contributed by atoms with E-state index in [4.69, 9.17) is 0 Å². The van der Waals surface area contributed by atoms with Gasteiger partial charge in [0.2, 0.25) is 0 Å². The van der Waals surface area contributed by atoms with Crippen molar-refractivity contribution in [1.82, 2.24) is 0 Å². The van der Waals surface area contributed by atoms with Gasteiger partial charge in [-0.25, -0.2) is 0 Å². The SMILES string of the molecule is CCc1cccc2c1C=C(C)[CH]2[Zr+2]([CH3])([CH3])(=[SiH2])[CH]1C(C)=Cc2c(CC)cccc21.[Cl-].[Cl-]. The molecule has 0 amide bonds. The normalized spacial score (nSPS) is 19.0. The topological polar surface area (TPSA) is 0 Å². The third kappa shape index (κ3) is 3.81. The molecule has 0 heterocycles. The largest absolute Gasteiger partial charge is 1.00 e. The summed E-state index contributed by atoms with van der Waals surface area (Å²) in [6.07, 6.45) is 7.28. The van der Waals surface area contributed by atoms with Gasteiger partial charge in [-0.05, 0) is 0 Å². The van der Waals surface area contributed by atoms with Gasteiger partial charge in [-0.15, -0.1) is 0 Å². The zero-order valence-corrected chi connectivity index (χ0v) is 24.5. The third-order valence-electron chi connectivity index (χ3n) is 7.40. The molecule has 0 bridgehead atoms. The summed E-state index contributed by atoms with van der Waals surface area (Å²) in [6, 6.07) is 14.1. The van der Waals surface area contributed by atoms with Crippen molar-refractivity contribution in [2.75, 3.05) is 0 Å². The maximum Gasteiger partial charge on any atom is -1.00 e. The Labute approximate surface area is 197 Å². The minimum atomic E-state index is -3.26. The number of halogens is 2. The van der Waals surface area contributed by atoms with Crippen LogP contribution in [-0.2, 0) is 30.2 Å². The molecule has 4 heteroatoms. The summed E-state index contributed by atoms with van der Waals surface area (Å²) < 4.78 is 6.74. The summed E-state index contributed by atoms with van der Waals surface area (Å²) in [6.45, 7) is 11.8. The molecule has 0 aromatic heterocycles. The number of aryl methyl sites for hydroxylation is 2. The molecule has 0 nitrogen and oxygen atoms in total. The van der Waals surface area contributed by atoms with Crippen molar-refractivity contribution in [1.29, 1.82) is 0 Å². The predicted molar refractivity (Wildman–Crippen MR) is 125 cm³/mol. The second kappa shape index (κ2) is 8.86. The minimum Gasteiger partial charge on any atom is -1.00 e. The van der Waals surface area contributed by atoms with Gasteiger partial charge in [0.25, 0.3) is 0 Å². The van der Waals surface area contributed by atoms with Crippen LogP contribution in [0.4, 0.5) is 0 Å². The maximum atomic E-state index is 2.73. The number of hydrogen-bond acceptors (Lipinski definition) is 0. The van der Waals surface area contributed by atoms with Crippen LogP contribution in [0.15, 0.2) is 47.5 Å². The second-order valence-electron chi connectivity index (χ2n) is 10.1. The van der Waals surface area contributed by atoms with E-state index in [2.05, 4.69) is 92.4 Å². The molecule has 0 saturated carbocycles. The quantitative estimate of drug-likeness (QED) is 0.507. The van der Waals surface area contributed by atoms with Crippen molar-refractivity contribution in [2.24, 2.45) is 0 Å². The van der Waals surface area contributed by atoms with Crippen LogP contribution < -0.4 is 24.8 Å². The molecule has 2 atom stereocenters. The number of rotatable bonds is 4. The molecular formula is C26H34Cl2SiZr. The van der Waals surface area contributed by atoms with E-state index in [1.54, 1.807) is 22.3 Å². The molecule has 2 unspecified atom stereocenters. The van der Waals surface area contributed by atoms with E-state index in [0.717, 1.165) is 12.8 Å². The minimum absolute atomic E-state index is 0. The monoisotopic (exact) mass is 534 g/mol. The summed E-state index contributed by atoms with van der Waals surface area (Å²) in [5, 5.41) is 0. The zero-order valence-electron chi connectivity index (χ0n) is 19.2. The first-order valence-electron chi connectivity index (χ1n) is 10.8. The summed E-state index contributed by atoms with van der Waals surface area (Å²) in [5.41, 5.74) is 12.5. The number of fused-ring (bicyclic) bond motifs is 2. The van der Waals surface area contributed by atoms with E-state index < -0.39 is 17.4 Å². The molecule has 0 aliphatic heterocycles. The molecule has 2 aliphatic rings. The van der Waals surface area contributed by atoms with Crippen LogP contribution in [-0.4, -0.2) is 6.88 Å². The van der Waals surface area contributed by atoms with Crippen molar-refractivity contribution in [2.45, 2.75) is 57.1 Å². The molecule has 30 heavy (non-hydrogen) atoms. The fourth-order valence-corrected chi connectivity index (χ4v) is 27.8. The van der Waals surface area contributed by atoms with Crippen LogP contribution in [0.1, 0.15) is 68.3 Å². The van der Waals surface area contributed by atoms with Crippen molar-refractivity contribution in [3.05, 3.63) is 80.9 Å². The maximum absolute atomic E-state index is 3.26. The molecule has 4 rings (SSSR count). The summed E-state index contributed by atoms with van der Waals surface area (Å²) >= 11 is -3.26. The first-order valence-corrected chi connectivity index (χ1v) is 24.5. The molecule has 2 aromatic rings. The third-order valence-corrected chi connectivity index (χ3v) is 25.3. The summed E-state index contributed by atoms with van der Waals surface area (Å²) in [5.74, 6) is 0. The van der Waals surface area contributed by atoms with Gasteiger partial charge in [0.15, 0.2) is 0 Å². The van der Waals surface area contributed by atoms with Gasteiger partial charge in [0, 0.05) is 0 Å². The van der Waals surface area contributed by atoms with Gasteiger partial charge in [0.1, 0.15) is 0 Å². The Bertz CT molecular complexity index is 1020. The molecular weight excluding hydrogens is 503 g/mol. The Morgan fingerprint density at radius 2 is 1.10 bits per heavy atom. The van der Waals surface area contributed by atoms with Gasteiger partial charge in [-0.2, -0.15) is 0 Å². The Hall–Kier alpha value is -0.400. The van der Waals surface area contributed by atoms with Gasteiger partial charge >= 0.3 is 174 Å². The van der Waals surface area contributed by atoms with Crippen molar-refractivity contribution < 1.29 is 42.2 Å². The number of hydrogen-bond donors (Lipinski definition) is 0. The van der Waals surface area contributed by atoms with E-state index in [-0.39, 0.29) is 24.8 Å². The second-order valence-corrected chi connectivity index (χ2v) is 40.6. The van der Waals surface area contributed by atoms with E-state index in [1.165, 1.54) is 22.3 Å². The van der Waals surface area contributed by atoms with Crippen LogP contribution >= 0.6 is 0 Å². The molecule has 0 fully saturated rings. The van der Waals surface area contributed by atoms with E-state index >= 15 is 0 Å². The smallest absolute Gasteiger partial charge is 1.00 e. The van der Waals surface area contributed by atoms with Gasteiger partial charge in [-0.3, -0.25) is 0 Å². The predicted octanol–water partition coefficient (Wildman–Crippen LogP) is 0.770. The van der Waals surface area contributed by atoms with Crippen LogP contribution in [0.2, 0.25) is 9.26 Å². The number of benzene rings is 2.